The van der Waals surface area contributed by atoms with Crippen LogP contribution in [0.2, 0.25) is 0 Å². The first-order chi connectivity index (χ1) is 14.0. The van der Waals surface area contributed by atoms with Crippen molar-refractivity contribution >= 4 is 11.7 Å². The van der Waals surface area contributed by atoms with Crippen LogP contribution >= 0.6 is 0 Å². The summed E-state index contributed by atoms with van der Waals surface area (Å²) in [4.78, 5) is 16.0. The Kier molecular flexibility index (Phi) is 5.42. The highest BCUT2D eigenvalue weighted by atomic mass is 19.2. The van der Waals surface area contributed by atoms with Crippen LogP contribution in [0.4, 0.5) is 19.3 Å². The average Bonchev–Trinajstić information content (AvgIpc) is 3.37. The van der Waals surface area contributed by atoms with E-state index in [1.54, 1.807) is 18.0 Å². The number of anilines is 1. The van der Waals surface area contributed by atoms with Crippen LogP contribution in [-0.4, -0.2) is 44.4 Å². The minimum atomic E-state index is -0.845. The molecule has 29 heavy (non-hydrogen) atoms. The zero-order valence-electron chi connectivity index (χ0n) is 16.2. The van der Waals surface area contributed by atoms with E-state index in [0.717, 1.165) is 24.6 Å². The van der Waals surface area contributed by atoms with Gasteiger partial charge >= 0.3 is 6.03 Å². The van der Waals surface area contributed by atoms with Crippen molar-refractivity contribution in [3.63, 3.8) is 0 Å². The van der Waals surface area contributed by atoms with E-state index in [1.807, 2.05) is 23.1 Å². The molecule has 0 saturated carbocycles. The Morgan fingerprint density at radius 3 is 2.83 bits per heavy atom. The molecule has 0 aliphatic carbocycles. The molecule has 1 atom stereocenters. The highest BCUT2D eigenvalue weighted by molar-refractivity contribution is 5.73. The molecule has 1 fully saturated rings. The predicted octanol–water partition coefficient (Wildman–Crippen LogP) is 3.36. The summed E-state index contributed by atoms with van der Waals surface area (Å²) in [6.45, 7) is 2.65. The second kappa shape index (κ2) is 8.14. The van der Waals surface area contributed by atoms with Crippen LogP contribution in [0.15, 0.2) is 36.4 Å². The lowest BCUT2D eigenvalue weighted by molar-refractivity contribution is 0.174. The van der Waals surface area contributed by atoms with Crippen molar-refractivity contribution in [1.82, 2.24) is 10.2 Å². The van der Waals surface area contributed by atoms with E-state index in [2.05, 4.69) is 5.32 Å². The highest BCUT2D eigenvalue weighted by Gasteiger charge is 2.24. The molecule has 0 radical (unpaired) electrons. The molecule has 6 nitrogen and oxygen atoms in total. The Hall–Kier alpha value is -3.03. The van der Waals surface area contributed by atoms with Gasteiger partial charge in [-0.1, -0.05) is 6.07 Å². The molecular weight excluding hydrogens is 380 g/mol. The van der Waals surface area contributed by atoms with Gasteiger partial charge in [-0.25, -0.2) is 13.6 Å². The molecule has 2 aliphatic heterocycles. The molecule has 0 bridgehead atoms. The molecule has 1 unspecified atom stereocenters. The fraction of sp³-hybridized carbons (Fsp3) is 0.381. The smallest absolute Gasteiger partial charge is 0.317 e. The van der Waals surface area contributed by atoms with Crippen LogP contribution in [0.5, 0.6) is 11.5 Å². The van der Waals surface area contributed by atoms with E-state index in [4.69, 9.17) is 9.47 Å². The molecule has 1 N–H and O–H groups in total. The van der Waals surface area contributed by atoms with Crippen LogP contribution in [-0.2, 0) is 6.54 Å². The normalized spacial score (nSPS) is 17.5. The maximum Gasteiger partial charge on any atom is 0.317 e. The van der Waals surface area contributed by atoms with Crippen LogP contribution in [0.1, 0.15) is 12.0 Å². The van der Waals surface area contributed by atoms with Gasteiger partial charge in [0.1, 0.15) is 0 Å². The van der Waals surface area contributed by atoms with E-state index >= 15 is 0 Å². The monoisotopic (exact) mass is 403 g/mol. The van der Waals surface area contributed by atoms with Gasteiger partial charge in [0, 0.05) is 45.0 Å². The quantitative estimate of drug-likeness (QED) is 0.832. The Bertz CT molecular complexity index is 909. The minimum absolute atomic E-state index is 0.158. The Balaban J connectivity index is 1.25. The molecule has 8 heteroatoms. The molecule has 0 spiro atoms. The van der Waals surface area contributed by atoms with E-state index in [0.29, 0.717) is 36.8 Å². The zero-order valence-corrected chi connectivity index (χ0v) is 16.2. The van der Waals surface area contributed by atoms with E-state index < -0.39 is 11.6 Å². The van der Waals surface area contributed by atoms with E-state index in [1.165, 1.54) is 6.07 Å². The van der Waals surface area contributed by atoms with Crippen LogP contribution in [0.25, 0.3) is 0 Å². The highest BCUT2D eigenvalue weighted by Crippen LogP contribution is 2.32. The van der Waals surface area contributed by atoms with Crippen molar-refractivity contribution in [2.24, 2.45) is 5.92 Å². The third-order valence-corrected chi connectivity index (χ3v) is 5.30. The lowest BCUT2D eigenvalue weighted by Gasteiger charge is -2.21. The first-order valence-corrected chi connectivity index (χ1v) is 9.57. The second-order valence-corrected chi connectivity index (χ2v) is 7.43. The molecule has 2 aromatic carbocycles. The Morgan fingerprint density at radius 2 is 2.00 bits per heavy atom. The van der Waals surface area contributed by atoms with Crippen LogP contribution in [0, 0.1) is 17.6 Å². The van der Waals surface area contributed by atoms with Crippen molar-refractivity contribution in [1.29, 1.82) is 0 Å². The number of rotatable bonds is 5. The first kappa shape index (κ1) is 19.3. The molecule has 154 valence electrons. The van der Waals surface area contributed by atoms with Crippen molar-refractivity contribution in [2.45, 2.75) is 13.0 Å². The van der Waals surface area contributed by atoms with E-state index in [-0.39, 0.29) is 18.7 Å². The maximum atomic E-state index is 13.4. The molecular formula is C21H23F2N3O3. The summed E-state index contributed by atoms with van der Waals surface area (Å²) in [5.41, 5.74) is 1.62. The number of hydrogen-bond acceptors (Lipinski definition) is 4. The van der Waals surface area contributed by atoms with Gasteiger partial charge < -0.3 is 24.6 Å². The van der Waals surface area contributed by atoms with Gasteiger partial charge in [-0.15, -0.1) is 0 Å². The summed E-state index contributed by atoms with van der Waals surface area (Å²) in [6, 6.07) is 9.42. The van der Waals surface area contributed by atoms with Crippen LogP contribution in [0.3, 0.4) is 0 Å². The molecule has 4 rings (SSSR count). The van der Waals surface area contributed by atoms with Gasteiger partial charge in [0.15, 0.2) is 23.1 Å². The van der Waals surface area contributed by atoms with Crippen molar-refractivity contribution < 1.29 is 23.0 Å². The fourth-order valence-corrected chi connectivity index (χ4v) is 3.67. The van der Waals surface area contributed by atoms with Gasteiger partial charge in [-0.05, 0) is 42.2 Å². The zero-order chi connectivity index (χ0) is 20.4. The van der Waals surface area contributed by atoms with Gasteiger partial charge in [-0.2, -0.15) is 0 Å². The largest absolute Gasteiger partial charge is 0.454 e. The minimum Gasteiger partial charge on any atom is -0.454 e. The third-order valence-electron chi connectivity index (χ3n) is 5.30. The van der Waals surface area contributed by atoms with Gasteiger partial charge in [-0.3, -0.25) is 0 Å². The van der Waals surface area contributed by atoms with Gasteiger partial charge in [0.2, 0.25) is 6.79 Å². The Morgan fingerprint density at radius 1 is 1.17 bits per heavy atom. The lowest BCUT2D eigenvalue weighted by atomic mass is 10.1. The number of amides is 2. The van der Waals surface area contributed by atoms with E-state index in [9.17, 15) is 13.6 Å². The summed E-state index contributed by atoms with van der Waals surface area (Å²) in [7, 11) is 1.74. The summed E-state index contributed by atoms with van der Waals surface area (Å²) in [5.74, 6) is -0.0232. The molecule has 2 amide bonds. The maximum absolute atomic E-state index is 13.4. The number of hydrogen-bond donors (Lipinski definition) is 1. The van der Waals surface area contributed by atoms with Gasteiger partial charge in [0.05, 0.1) is 0 Å². The molecule has 2 aliphatic rings. The molecule has 0 aromatic heterocycles. The topological polar surface area (TPSA) is 54.0 Å². The van der Waals surface area contributed by atoms with Crippen molar-refractivity contribution in [2.75, 3.05) is 38.4 Å². The number of carbonyl (C=O) groups excluding carboxylic acids is 1. The van der Waals surface area contributed by atoms with Gasteiger partial charge in [0.25, 0.3) is 0 Å². The first-order valence-electron chi connectivity index (χ1n) is 9.57. The Labute approximate surface area is 168 Å². The number of nitrogens with one attached hydrogen (secondary N) is 1. The summed E-state index contributed by atoms with van der Waals surface area (Å²) in [6.07, 6.45) is 0.880. The standard InChI is InChI=1S/C21H23F2N3O3/c1-25(11-14-2-5-19-20(8-14)29-13-28-19)21(27)24-10-15-6-7-26(12-15)16-3-4-17(22)18(23)9-16/h2-5,8-9,15H,6-7,10-13H2,1H3,(H,24,27). The average molecular weight is 403 g/mol. The van der Waals surface area contributed by atoms with Crippen molar-refractivity contribution in [3.05, 3.63) is 53.6 Å². The number of nitrogens with zero attached hydrogens (tertiary/aromatic N) is 2. The number of benzene rings is 2. The lowest BCUT2D eigenvalue weighted by Crippen LogP contribution is -2.39. The number of carbonyl (C=O) groups is 1. The number of fused-ring (bicyclic) bond motifs is 1. The number of urea groups is 1. The summed E-state index contributed by atoms with van der Waals surface area (Å²) < 4.78 is 37.2. The SMILES string of the molecule is CN(Cc1ccc2c(c1)OCO2)C(=O)NCC1CCN(c2ccc(F)c(F)c2)C1. The van der Waals surface area contributed by atoms with Crippen molar-refractivity contribution in [3.8, 4) is 11.5 Å². The number of ether oxygens (including phenoxy) is 2. The number of halogens is 2. The van der Waals surface area contributed by atoms with Crippen LogP contribution < -0.4 is 19.7 Å². The summed E-state index contributed by atoms with van der Waals surface area (Å²) in [5, 5.41) is 2.96. The fourth-order valence-electron chi connectivity index (χ4n) is 3.67. The molecule has 2 aromatic rings. The molecule has 1 saturated heterocycles. The molecule has 2 heterocycles. The summed E-state index contributed by atoms with van der Waals surface area (Å²) >= 11 is 0. The third kappa shape index (κ3) is 4.36. The second-order valence-electron chi connectivity index (χ2n) is 7.43. The predicted molar refractivity (Wildman–Crippen MR) is 104 cm³/mol.